The Labute approximate surface area is 108 Å². The van der Waals surface area contributed by atoms with E-state index < -0.39 is 0 Å². The van der Waals surface area contributed by atoms with Crippen LogP contribution in [0.2, 0.25) is 0 Å². The lowest BCUT2D eigenvalue weighted by Gasteiger charge is -2.09. The molecule has 0 saturated heterocycles. The van der Waals surface area contributed by atoms with Gasteiger partial charge in [0.05, 0.1) is 6.07 Å². The fraction of sp³-hybridized carbons (Fsp3) is 0.467. The van der Waals surface area contributed by atoms with Gasteiger partial charge in [-0.25, -0.2) is 0 Å². The third kappa shape index (κ3) is 3.10. The molecule has 1 aromatic carbocycles. The number of rotatable bonds is 5. The number of nitriles is 1. The predicted octanol–water partition coefficient (Wildman–Crippen LogP) is 2.21. The van der Waals surface area contributed by atoms with E-state index in [2.05, 4.69) is 23.5 Å². The summed E-state index contributed by atoms with van der Waals surface area (Å²) in [5.74, 6) is 0.251. The molecule has 0 bridgehead atoms. The maximum atomic E-state index is 12.0. The average molecular weight is 242 g/mol. The smallest absolute Gasteiger partial charge is 0.223 e. The van der Waals surface area contributed by atoms with Gasteiger partial charge in [-0.05, 0) is 36.8 Å². The number of nitrogens with zero attached hydrogens (tertiary/aromatic N) is 1. The third-order valence-corrected chi connectivity index (χ3v) is 3.44. The Morgan fingerprint density at radius 1 is 1.28 bits per heavy atom. The van der Waals surface area contributed by atoms with E-state index in [1.807, 2.05) is 12.1 Å². The molecule has 0 atom stereocenters. The molecule has 0 spiro atoms. The van der Waals surface area contributed by atoms with Gasteiger partial charge in [0.1, 0.15) is 0 Å². The summed E-state index contributed by atoms with van der Waals surface area (Å²) in [4.78, 5) is 12.0. The number of fused-ring (bicyclic) bond motifs is 1. The summed E-state index contributed by atoms with van der Waals surface area (Å²) in [6.45, 7) is 0.688. The Morgan fingerprint density at radius 3 is 2.56 bits per heavy atom. The SMILES string of the molecule is N#CCCCCNC(=O)C1Cc2ccccc2C1. The van der Waals surface area contributed by atoms with Gasteiger partial charge in [-0.2, -0.15) is 5.26 Å². The first-order chi connectivity index (χ1) is 8.81. The van der Waals surface area contributed by atoms with E-state index in [-0.39, 0.29) is 11.8 Å². The van der Waals surface area contributed by atoms with Crippen molar-refractivity contribution < 1.29 is 4.79 Å². The molecule has 1 amide bonds. The first kappa shape index (κ1) is 12.6. The molecule has 1 aromatic rings. The molecule has 1 aliphatic carbocycles. The minimum Gasteiger partial charge on any atom is -0.356 e. The van der Waals surface area contributed by atoms with Gasteiger partial charge in [0.2, 0.25) is 5.91 Å². The first-order valence-electron chi connectivity index (χ1n) is 6.52. The minimum absolute atomic E-state index is 0.0957. The van der Waals surface area contributed by atoms with Gasteiger partial charge in [0, 0.05) is 18.9 Å². The quantitative estimate of drug-likeness (QED) is 0.805. The average Bonchev–Trinajstić information content (AvgIpc) is 2.82. The van der Waals surface area contributed by atoms with E-state index in [1.165, 1.54) is 11.1 Å². The Hall–Kier alpha value is -1.82. The van der Waals surface area contributed by atoms with Crippen LogP contribution in [0.1, 0.15) is 30.4 Å². The molecule has 2 rings (SSSR count). The summed E-state index contributed by atoms with van der Waals surface area (Å²) in [6, 6.07) is 10.4. The van der Waals surface area contributed by atoms with E-state index >= 15 is 0 Å². The molecule has 0 aromatic heterocycles. The summed E-state index contributed by atoms with van der Waals surface area (Å²) in [5.41, 5.74) is 2.62. The number of hydrogen-bond acceptors (Lipinski definition) is 2. The topological polar surface area (TPSA) is 52.9 Å². The Bertz CT molecular complexity index is 437. The second-order valence-corrected chi connectivity index (χ2v) is 4.78. The highest BCUT2D eigenvalue weighted by Gasteiger charge is 2.26. The molecule has 0 saturated carbocycles. The molecule has 3 nitrogen and oxygen atoms in total. The summed E-state index contributed by atoms with van der Waals surface area (Å²) in [5, 5.41) is 11.4. The van der Waals surface area contributed by atoms with Crippen LogP contribution in [0.15, 0.2) is 24.3 Å². The summed E-state index contributed by atoms with van der Waals surface area (Å²) < 4.78 is 0. The lowest BCUT2D eigenvalue weighted by Crippen LogP contribution is -2.31. The van der Waals surface area contributed by atoms with Crippen molar-refractivity contribution in [2.75, 3.05) is 6.54 Å². The van der Waals surface area contributed by atoms with Crippen molar-refractivity contribution in [2.24, 2.45) is 5.92 Å². The van der Waals surface area contributed by atoms with Gasteiger partial charge in [0.25, 0.3) is 0 Å². The van der Waals surface area contributed by atoms with Crippen molar-refractivity contribution in [3.05, 3.63) is 35.4 Å². The standard InChI is InChI=1S/C15H18N2O/c16-8-4-1-5-9-17-15(18)14-10-12-6-2-3-7-13(12)11-14/h2-3,6-7,14H,1,4-5,9-11H2,(H,17,18). The van der Waals surface area contributed by atoms with Crippen molar-refractivity contribution in [1.29, 1.82) is 5.26 Å². The molecule has 0 unspecified atom stereocenters. The number of benzene rings is 1. The number of amides is 1. The van der Waals surface area contributed by atoms with Crippen LogP contribution in [-0.4, -0.2) is 12.5 Å². The molecule has 0 heterocycles. The van der Waals surface area contributed by atoms with Crippen molar-refractivity contribution in [3.63, 3.8) is 0 Å². The van der Waals surface area contributed by atoms with Crippen LogP contribution in [0.3, 0.4) is 0 Å². The Kier molecular flexibility index (Phi) is 4.35. The molecular formula is C15H18N2O. The molecular weight excluding hydrogens is 224 g/mol. The van der Waals surface area contributed by atoms with Crippen molar-refractivity contribution in [1.82, 2.24) is 5.32 Å². The van der Waals surface area contributed by atoms with Gasteiger partial charge in [-0.15, -0.1) is 0 Å². The lowest BCUT2D eigenvalue weighted by molar-refractivity contribution is -0.124. The van der Waals surface area contributed by atoms with Gasteiger partial charge >= 0.3 is 0 Å². The molecule has 0 aliphatic heterocycles. The largest absolute Gasteiger partial charge is 0.356 e. The summed E-state index contributed by atoms with van der Waals surface area (Å²) in [7, 11) is 0. The van der Waals surface area contributed by atoms with Gasteiger partial charge in [0.15, 0.2) is 0 Å². The fourth-order valence-electron chi connectivity index (χ4n) is 2.43. The predicted molar refractivity (Wildman–Crippen MR) is 69.8 cm³/mol. The van der Waals surface area contributed by atoms with Gasteiger partial charge < -0.3 is 5.32 Å². The number of hydrogen-bond donors (Lipinski definition) is 1. The van der Waals surface area contributed by atoms with Crippen LogP contribution >= 0.6 is 0 Å². The Balaban J connectivity index is 1.74. The van der Waals surface area contributed by atoms with Crippen LogP contribution in [-0.2, 0) is 17.6 Å². The maximum absolute atomic E-state index is 12.0. The van der Waals surface area contributed by atoms with Crippen molar-refractivity contribution in [2.45, 2.75) is 32.1 Å². The van der Waals surface area contributed by atoms with E-state index in [9.17, 15) is 4.79 Å². The fourth-order valence-corrected chi connectivity index (χ4v) is 2.43. The zero-order valence-electron chi connectivity index (χ0n) is 10.5. The Morgan fingerprint density at radius 2 is 1.94 bits per heavy atom. The zero-order chi connectivity index (χ0) is 12.8. The molecule has 18 heavy (non-hydrogen) atoms. The monoisotopic (exact) mass is 242 g/mol. The summed E-state index contributed by atoms with van der Waals surface area (Å²) in [6.07, 6.45) is 4.05. The van der Waals surface area contributed by atoms with Crippen LogP contribution in [0, 0.1) is 17.2 Å². The molecule has 1 aliphatic rings. The van der Waals surface area contributed by atoms with Crippen LogP contribution in [0.25, 0.3) is 0 Å². The van der Waals surface area contributed by atoms with Gasteiger partial charge in [-0.3, -0.25) is 4.79 Å². The second kappa shape index (κ2) is 6.20. The number of unbranched alkanes of at least 4 members (excludes halogenated alkanes) is 2. The van der Waals surface area contributed by atoms with Crippen LogP contribution < -0.4 is 5.32 Å². The first-order valence-corrected chi connectivity index (χ1v) is 6.52. The highest BCUT2D eigenvalue weighted by molar-refractivity contribution is 5.80. The molecule has 3 heteroatoms. The third-order valence-electron chi connectivity index (χ3n) is 3.44. The number of nitrogens with one attached hydrogen (secondary N) is 1. The number of carbonyl (C=O) groups excluding carboxylic acids is 1. The van der Waals surface area contributed by atoms with E-state index in [0.29, 0.717) is 13.0 Å². The van der Waals surface area contributed by atoms with Crippen LogP contribution in [0.4, 0.5) is 0 Å². The van der Waals surface area contributed by atoms with Crippen LogP contribution in [0.5, 0.6) is 0 Å². The molecule has 94 valence electrons. The van der Waals surface area contributed by atoms with Crippen molar-refractivity contribution in [3.8, 4) is 6.07 Å². The number of carbonyl (C=O) groups is 1. The minimum atomic E-state index is 0.0957. The maximum Gasteiger partial charge on any atom is 0.223 e. The normalized spacial score (nSPS) is 13.9. The van der Waals surface area contributed by atoms with E-state index in [0.717, 1.165) is 25.7 Å². The molecule has 0 radical (unpaired) electrons. The van der Waals surface area contributed by atoms with E-state index in [1.54, 1.807) is 0 Å². The zero-order valence-corrected chi connectivity index (χ0v) is 10.5. The molecule has 1 N–H and O–H groups in total. The highest BCUT2D eigenvalue weighted by Crippen LogP contribution is 2.26. The summed E-state index contributed by atoms with van der Waals surface area (Å²) >= 11 is 0. The lowest BCUT2D eigenvalue weighted by atomic mass is 10.1. The van der Waals surface area contributed by atoms with Crippen molar-refractivity contribution >= 4 is 5.91 Å². The second-order valence-electron chi connectivity index (χ2n) is 4.78. The van der Waals surface area contributed by atoms with E-state index in [4.69, 9.17) is 5.26 Å². The van der Waals surface area contributed by atoms with Gasteiger partial charge in [-0.1, -0.05) is 24.3 Å². The molecule has 0 fully saturated rings. The highest BCUT2D eigenvalue weighted by atomic mass is 16.1.